The number of ether oxygens (including phenoxy) is 1. The van der Waals surface area contributed by atoms with Crippen molar-refractivity contribution < 1.29 is 9.53 Å². The highest BCUT2D eigenvalue weighted by atomic mass is 16.5. The minimum atomic E-state index is -0.159. The third-order valence-electron chi connectivity index (χ3n) is 5.18. The number of anilines is 1. The molecule has 0 radical (unpaired) electrons. The highest BCUT2D eigenvalue weighted by Crippen LogP contribution is 2.40. The van der Waals surface area contributed by atoms with Gasteiger partial charge in [-0.05, 0) is 39.2 Å². The van der Waals surface area contributed by atoms with Gasteiger partial charge in [-0.1, -0.05) is 6.92 Å². The zero-order valence-electron chi connectivity index (χ0n) is 16.8. The van der Waals surface area contributed by atoms with Gasteiger partial charge >= 0.3 is 0 Å². The molecule has 4 rings (SSSR count). The number of hydrogen-bond acceptors (Lipinski definition) is 5. The van der Waals surface area contributed by atoms with Crippen molar-refractivity contribution in [3.05, 3.63) is 34.9 Å². The molecule has 0 unspecified atom stereocenters. The Hall–Kier alpha value is -2.74. The zero-order chi connectivity index (χ0) is 19.8. The maximum Gasteiger partial charge on any atom is 0.256 e. The Morgan fingerprint density at radius 2 is 2.11 bits per heavy atom. The van der Waals surface area contributed by atoms with E-state index in [0.717, 1.165) is 59.6 Å². The van der Waals surface area contributed by atoms with E-state index >= 15 is 0 Å². The summed E-state index contributed by atoms with van der Waals surface area (Å²) in [6.07, 6.45) is 4.97. The number of amides is 1. The number of hydrogen-bond donors (Lipinski definition) is 1. The van der Waals surface area contributed by atoms with Crippen LogP contribution in [-0.2, 0) is 18.0 Å². The Morgan fingerprint density at radius 3 is 2.79 bits per heavy atom. The third kappa shape index (κ3) is 3.28. The van der Waals surface area contributed by atoms with Gasteiger partial charge in [0.2, 0.25) is 0 Å². The summed E-state index contributed by atoms with van der Waals surface area (Å²) in [5, 5.41) is 12.7. The van der Waals surface area contributed by atoms with Crippen LogP contribution < -0.4 is 5.32 Å². The number of pyridine rings is 1. The molecule has 1 fully saturated rings. The number of nitrogens with one attached hydrogen (secondary N) is 1. The van der Waals surface area contributed by atoms with E-state index < -0.39 is 0 Å². The molecule has 3 heterocycles. The average Bonchev–Trinajstić information content (AvgIpc) is 3.41. The lowest BCUT2D eigenvalue weighted by atomic mass is 10.1. The van der Waals surface area contributed by atoms with Gasteiger partial charge in [-0.2, -0.15) is 10.2 Å². The maximum atomic E-state index is 13.2. The highest BCUT2D eigenvalue weighted by Gasteiger charge is 2.28. The quantitative estimate of drug-likeness (QED) is 0.677. The molecule has 28 heavy (non-hydrogen) atoms. The molecule has 0 atom stereocenters. The van der Waals surface area contributed by atoms with Crippen molar-refractivity contribution in [1.82, 2.24) is 24.5 Å². The smallest absolute Gasteiger partial charge is 0.256 e. The van der Waals surface area contributed by atoms with E-state index in [-0.39, 0.29) is 5.91 Å². The molecule has 0 spiro atoms. The van der Waals surface area contributed by atoms with Crippen molar-refractivity contribution in [2.45, 2.75) is 59.2 Å². The first kappa shape index (κ1) is 18.6. The first-order chi connectivity index (χ1) is 13.5. The normalized spacial score (nSPS) is 14.0. The van der Waals surface area contributed by atoms with E-state index in [0.29, 0.717) is 18.2 Å². The first-order valence-electron chi connectivity index (χ1n) is 9.74. The standard InChI is InChI=1S/C20H26N6O2/c1-5-8-25-19-16(10-21-25)15(9-17(22-19)14-6-7-14)20(27)23-18-12(2)24-26(11-28-4)13(18)3/h9-10,14H,5-8,11H2,1-4H3,(H,23,27). The highest BCUT2D eigenvalue weighted by molar-refractivity contribution is 6.12. The predicted molar refractivity (Wildman–Crippen MR) is 106 cm³/mol. The fourth-order valence-corrected chi connectivity index (χ4v) is 3.53. The van der Waals surface area contributed by atoms with E-state index in [2.05, 4.69) is 22.4 Å². The zero-order valence-corrected chi connectivity index (χ0v) is 16.8. The summed E-state index contributed by atoms with van der Waals surface area (Å²) in [4.78, 5) is 18.0. The van der Waals surface area contributed by atoms with Gasteiger partial charge in [-0.25, -0.2) is 14.3 Å². The minimum Gasteiger partial charge on any atom is -0.362 e. The van der Waals surface area contributed by atoms with Gasteiger partial charge in [0.05, 0.1) is 34.2 Å². The topological polar surface area (TPSA) is 86.9 Å². The summed E-state index contributed by atoms with van der Waals surface area (Å²) in [5.41, 5.74) is 4.74. The fraction of sp³-hybridized carbons (Fsp3) is 0.500. The van der Waals surface area contributed by atoms with E-state index in [1.165, 1.54) is 0 Å². The molecule has 0 aliphatic heterocycles. The summed E-state index contributed by atoms with van der Waals surface area (Å²) in [6.45, 7) is 7.04. The summed E-state index contributed by atoms with van der Waals surface area (Å²) in [7, 11) is 1.62. The van der Waals surface area contributed by atoms with Gasteiger partial charge in [0.15, 0.2) is 5.65 Å². The van der Waals surface area contributed by atoms with Gasteiger partial charge in [0.25, 0.3) is 5.91 Å². The number of aryl methyl sites for hydroxylation is 2. The molecule has 0 aromatic carbocycles. The van der Waals surface area contributed by atoms with Gasteiger partial charge < -0.3 is 10.1 Å². The van der Waals surface area contributed by atoms with Gasteiger partial charge in [-0.15, -0.1) is 0 Å². The van der Waals surface area contributed by atoms with Crippen LogP contribution in [0, 0.1) is 13.8 Å². The number of methoxy groups -OCH3 is 1. The second-order valence-electron chi connectivity index (χ2n) is 7.39. The van der Waals surface area contributed by atoms with Crippen LogP contribution in [0.15, 0.2) is 12.3 Å². The van der Waals surface area contributed by atoms with Gasteiger partial charge in [-0.3, -0.25) is 4.79 Å². The Balaban J connectivity index is 1.73. The van der Waals surface area contributed by atoms with E-state index in [4.69, 9.17) is 9.72 Å². The van der Waals surface area contributed by atoms with Crippen molar-refractivity contribution in [2.24, 2.45) is 0 Å². The summed E-state index contributed by atoms with van der Waals surface area (Å²) >= 11 is 0. The van der Waals surface area contributed by atoms with Crippen LogP contribution in [0.2, 0.25) is 0 Å². The molecule has 3 aromatic heterocycles. The Labute approximate surface area is 163 Å². The van der Waals surface area contributed by atoms with Gasteiger partial charge in [0.1, 0.15) is 6.73 Å². The molecule has 1 aliphatic rings. The van der Waals surface area contributed by atoms with Crippen molar-refractivity contribution in [1.29, 1.82) is 0 Å². The summed E-state index contributed by atoms with van der Waals surface area (Å²) in [5.74, 6) is 0.294. The van der Waals surface area contributed by atoms with E-state index in [1.807, 2.05) is 24.6 Å². The number of carbonyl (C=O) groups is 1. The molecular weight excluding hydrogens is 356 g/mol. The number of fused-ring (bicyclic) bond motifs is 1. The Bertz CT molecular complexity index is 1030. The molecule has 3 aromatic rings. The van der Waals surface area contributed by atoms with Crippen LogP contribution in [0.25, 0.3) is 11.0 Å². The number of rotatable bonds is 7. The van der Waals surface area contributed by atoms with Crippen LogP contribution in [0.5, 0.6) is 0 Å². The summed E-state index contributed by atoms with van der Waals surface area (Å²) in [6, 6.07) is 1.93. The SMILES string of the molecule is CCCn1ncc2c(C(=O)Nc3c(C)nn(COC)c3C)cc(C3CC3)nc21. The van der Waals surface area contributed by atoms with Crippen LogP contribution in [-0.4, -0.2) is 37.6 Å². The molecule has 0 saturated heterocycles. The molecule has 0 bridgehead atoms. The molecule has 1 aliphatic carbocycles. The first-order valence-corrected chi connectivity index (χ1v) is 9.74. The second kappa shape index (κ2) is 7.35. The van der Waals surface area contributed by atoms with Gasteiger partial charge in [0, 0.05) is 25.3 Å². The third-order valence-corrected chi connectivity index (χ3v) is 5.18. The van der Waals surface area contributed by atoms with Crippen LogP contribution >= 0.6 is 0 Å². The maximum absolute atomic E-state index is 13.2. The fourth-order valence-electron chi connectivity index (χ4n) is 3.53. The van der Waals surface area contributed by atoms with Crippen molar-refractivity contribution in [3.8, 4) is 0 Å². The lowest BCUT2D eigenvalue weighted by Gasteiger charge is -2.10. The Kier molecular flexibility index (Phi) is 4.89. The van der Waals surface area contributed by atoms with Crippen molar-refractivity contribution in [3.63, 3.8) is 0 Å². The largest absolute Gasteiger partial charge is 0.362 e. The molecule has 8 nitrogen and oxygen atoms in total. The monoisotopic (exact) mass is 382 g/mol. The lowest BCUT2D eigenvalue weighted by molar-refractivity contribution is 0.102. The number of carbonyl (C=O) groups excluding carboxylic acids is 1. The summed E-state index contributed by atoms with van der Waals surface area (Å²) < 4.78 is 8.80. The molecule has 1 amide bonds. The predicted octanol–water partition coefficient (Wildman–Crippen LogP) is 3.39. The molecule has 1 saturated carbocycles. The Morgan fingerprint density at radius 1 is 1.32 bits per heavy atom. The van der Waals surface area contributed by atoms with Crippen LogP contribution in [0.4, 0.5) is 5.69 Å². The van der Waals surface area contributed by atoms with Crippen molar-refractivity contribution >= 4 is 22.6 Å². The number of nitrogens with zero attached hydrogens (tertiary/aromatic N) is 5. The van der Waals surface area contributed by atoms with Crippen LogP contribution in [0.1, 0.15) is 59.5 Å². The lowest BCUT2D eigenvalue weighted by Crippen LogP contribution is -2.15. The minimum absolute atomic E-state index is 0.159. The second-order valence-corrected chi connectivity index (χ2v) is 7.39. The molecule has 8 heteroatoms. The van der Waals surface area contributed by atoms with E-state index in [9.17, 15) is 4.79 Å². The average molecular weight is 382 g/mol. The van der Waals surface area contributed by atoms with Crippen LogP contribution in [0.3, 0.4) is 0 Å². The van der Waals surface area contributed by atoms with E-state index in [1.54, 1.807) is 18.0 Å². The van der Waals surface area contributed by atoms with Crippen molar-refractivity contribution in [2.75, 3.05) is 12.4 Å². The molecular formula is C20H26N6O2. The molecule has 148 valence electrons. The number of aromatic nitrogens is 5. The molecule has 1 N–H and O–H groups in total.